The number of nitrogens with zero attached hydrogens (tertiary/aromatic N) is 1. The van der Waals surface area contributed by atoms with Crippen molar-refractivity contribution in [2.24, 2.45) is 5.92 Å². The van der Waals surface area contributed by atoms with Crippen LogP contribution < -0.4 is 22.0 Å². The minimum absolute atomic E-state index is 0. The number of amides is 1. The van der Waals surface area contributed by atoms with Crippen molar-refractivity contribution in [1.82, 2.24) is 4.90 Å². The molecule has 1 saturated heterocycles. The smallest absolute Gasteiger partial charge is 0.222 e. The number of hydrogen-bond acceptors (Lipinski definition) is 2. The van der Waals surface area contributed by atoms with Crippen molar-refractivity contribution < 1.29 is 26.8 Å². The highest BCUT2D eigenvalue weighted by Gasteiger charge is 2.25. The molecule has 3 rings (SSSR count). The maximum Gasteiger partial charge on any atom is 0.222 e. The average Bonchev–Trinajstić information content (AvgIpc) is 2.67. The van der Waals surface area contributed by atoms with Crippen molar-refractivity contribution in [3.05, 3.63) is 24.3 Å². The van der Waals surface area contributed by atoms with Crippen molar-refractivity contribution in [3.63, 3.8) is 0 Å². The number of methoxy groups -OCH3 is 1. The summed E-state index contributed by atoms with van der Waals surface area (Å²) in [6.07, 6.45) is 8.64. The molecule has 2 fully saturated rings. The molecule has 0 bridgehead atoms. The van der Waals surface area contributed by atoms with E-state index in [4.69, 9.17) is 4.74 Å². The number of carbonyl (C=O) groups excluding carboxylic acids is 1. The lowest BCUT2D eigenvalue weighted by molar-refractivity contribution is -0.837. The minimum Gasteiger partial charge on any atom is -1.00 e. The fraction of sp³-hybridized carbons (Fsp3) is 0.650. The van der Waals surface area contributed by atoms with Gasteiger partial charge in [-0.05, 0) is 24.5 Å². The third-order valence-electron chi connectivity index (χ3n) is 5.71. The van der Waals surface area contributed by atoms with Gasteiger partial charge in [0.2, 0.25) is 5.91 Å². The molecule has 0 unspecified atom stereocenters. The quantitative estimate of drug-likeness (QED) is 0.756. The van der Waals surface area contributed by atoms with Crippen molar-refractivity contribution in [2.75, 3.05) is 33.3 Å². The molecule has 140 valence electrons. The number of benzene rings is 1. The molecule has 1 aliphatic heterocycles. The van der Waals surface area contributed by atoms with Crippen LogP contribution in [0.25, 0.3) is 0 Å². The van der Waals surface area contributed by atoms with Crippen LogP contribution in [0.4, 0.5) is 5.69 Å². The van der Waals surface area contributed by atoms with Crippen LogP contribution in [-0.4, -0.2) is 44.1 Å². The Morgan fingerprint density at radius 3 is 2.36 bits per heavy atom. The number of piperazine rings is 1. The van der Waals surface area contributed by atoms with Crippen LogP contribution in [0.15, 0.2) is 24.3 Å². The third kappa shape index (κ3) is 5.61. The molecule has 4 nitrogen and oxygen atoms in total. The maximum atomic E-state index is 12.5. The number of hydrogen-bond donors (Lipinski definition) is 1. The summed E-state index contributed by atoms with van der Waals surface area (Å²) in [6, 6.07) is 8.30. The minimum atomic E-state index is 0. The summed E-state index contributed by atoms with van der Waals surface area (Å²) in [5.74, 6) is 2.07. The SMILES string of the molecule is COc1ccc([NH+]2CCN(C(=O)CCC3CCCCC3)CC2)cc1.[Cl-]. The Balaban J connectivity index is 0.00000225. The molecule has 0 radical (unpaired) electrons. The standard InChI is InChI=1S/C20H30N2O2.ClH/c1-24-19-10-8-18(9-11-19)21-13-15-22(16-14-21)20(23)12-7-17-5-3-2-4-6-17;/h8-11,17H,2-7,12-16H2,1H3;1H. The van der Waals surface area contributed by atoms with Crippen molar-refractivity contribution in [3.8, 4) is 5.75 Å². The molecule has 0 atom stereocenters. The van der Waals surface area contributed by atoms with Gasteiger partial charge in [-0.3, -0.25) is 9.69 Å². The van der Waals surface area contributed by atoms with Gasteiger partial charge in [0.25, 0.3) is 0 Å². The summed E-state index contributed by atoms with van der Waals surface area (Å²) in [4.78, 5) is 16.0. The predicted octanol–water partition coefficient (Wildman–Crippen LogP) is -0.582. The van der Waals surface area contributed by atoms with E-state index in [2.05, 4.69) is 17.0 Å². The highest BCUT2D eigenvalue weighted by molar-refractivity contribution is 5.76. The molecule has 5 heteroatoms. The number of carbonyl (C=O) groups is 1. The van der Waals surface area contributed by atoms with E-state index in [-0.39, 0.29) is 12.4 Å². The number of ether oxygens (including phenoxy) is 1. The Morgan fingerprint density at radius 1 is 1.12 bits per heavy atom. The highest BCUT2D eigenvalue weighted by Crippen LogP contribution is 2.27. The summed E-state index contributed by atoms with van der Waals surface area (Å²) < 4.78 is 5.22. The highest BCUT2D eigenvalue weighted by atomic mass is 35.5. The topological polar surface area (TPSA) is 34.0 Å². The third-order valence-corrected chi connectivity index (χ3v) is 5.71. The second kappa shape index (κ2) is 10.0. The normalized spacial score (nSPS) is 19.3. The Bertz CT molecular complexity index is 521. The summed E-state index contributed by atoms with van der Waals surface area (Å²) in [5, 5.41) is 0. The zero-order chi connectivity index (χ0) is 16.8. The number of halogens is 1. The number of nitrogens with one attached hydrogen (secondary N) is 1. The second-order valence-electron chi connectivity index (χ2n) is 7.26. The summed E-state index contributed by atoms with van der Waals surface area (Å²) in [5.41, 5.74) is 1.30. The molecule has 1 saturated carbocycles. The maximum absolute atomic E-state index is 12.5. The molecule has 0 spiro atoms. The van der Waals surface area contributed by atoms with E-state index in [9.17, 15) is 4.79 Å². The van der Waals surface area contributed by atoms with Gasteiger partial charge in [0.1, 0.15) is 11.4 Å². The van der Waals surface area contributed by atoms with Gasteiger partial charge in [-0.15, -0.1) is 0 Å². The molecule has 2 aliphatic rings. The van der Waals surface area contributed by atoms with Crippen molar-refractivity contribution in [1.29, 1.82) is 0 Å². The lowest BCUT2D eigenvalue weighted by Gasteiger charge is -2.32. The van der Waals surface area contributed by atoms with Gasteiger partial charge in [-0.25, -0.2) is 0 Å². The first kappa shape index (κ1) is 20.1. The van der Waals surface area contributed by atoms with Gasteiger partial charge in [0, 0.05) is 18.6 Å². The van der Waals surface area contributed by atoms with E-state index >= 15 is 0 Å². The predicted molar refractivity (Wildman–Crippen MR) is 95.7 cm³/mol. The van der Waals surface area contributed by atoms with Gasteiger partial charge >= 0.3 is 0 Å². The molecule has 1 N–H and O–H groups in total. The molecule has 1 heterocycles. The largest absolute Gasteiger partial charge is 1.00 e. The van der Waals surface area contributed by atoms with Crippen molar-refractivity contribution >= 4 is 11.6 Å². The first-order chi connectivity index (χ1) is 11.8. The van der Waals surface area contributed by atoms with Gasteiger partial charge in [-0.1, -0.05) is 32.1 Å². The van der Waals surface area contributed by atoms with E-state index in [0.29, 0.717) is 5.91 Å². The summed E-state index contributed by atoms with van der Waals surface area (Å²) >= 11 is 0. The molecule has 25 heavy (non-hydrogen) atoms. The first-order valence-electron chi connectivity index (χ1n) is 9.53. The summed E-state index contributed by atoms with van der Waals surface area (Å²) in [6.45, 7) is 3.76. The monoisotopic (exact) mass is 366 g/mol. The molecular formula is C20H31ClN2O2. The van der Waals surface area contributed by atoms with Gasteiger partial charge in [0.05, 0.1) is 33.3 Å². The molecule has 1 aromatic carbocycles. The number of quaternary nitrogens is 1. The number of rotatable bonds is 5. The zero-order valence-corrected chi connectivity index (χ0v) is 16.1. The lowest BCUT2D eigenvalue weighted by Crippen LogP contribution is -3.10. The molecule has 0 aromatic heterocycles. The van der Waals surface area contributed by atoms with E-state index in [0.717, 1.165) is 50.7 Å². The van der Waals surface area contributed by atoms with Crippen molar-refractivity contribution in [2.45, 2.75) is 44.9 Å². The fourth-order valence-corrected chi connectivity index (χ4v) is 4.10. The van der Waals surface area contributed by atoms with Crippen LogP contribution in [-0.2, 0) is 4.79 Å². The van der Waals surface area contributed by atoms with Crippen LogP contribution in [0.1, 0.15) is 44.9 Å². The first-order valence-corrected chi connectivity index (χ1v) is 9.53. The molecule has 1 aromatic rings. The summed E-state index contributed by atoms with van der Waals surface area (Å²) in [7, 11) is 1.69. The lowest BCUT2D eigenvalue weighted by atomic mass is 9.86. The van der Waals surface area contributed by atoms with Crippen LogP contribution in [0.3, 0.4) is 0 Å². The Kier molecular flexibility index (Phi) is 8.04. The van der Waals surface area contributed by atoms with E-state index in [1.165, 1.54) is 42.7 Å². The van der Waals surface area contributed by atoms with E-state index < -0.39 is 0 Å². The fourth-order valence-electron chi connectivity index (χ4n) is 4.10. The van der Waals surface area contributed by atoms with E-state index in [1.807, 2.05) is 12.1 Å². The average molecular weight is 367 g/mol. The molecular weight excluding hydrogens is 336 g/mol. The Hall–Kier alpha value is -1.26. The molecule has 1 amide bonds. The van der Waals surface area contributed by atoms with Gasteiger partial charge < -0.3 is 22.0 Å². The van der Waals surface area contributed by atoms with Crippen LogP contribution in [0.2, 0.25) is 0 Å². The Morgan fingerprint density at radius 2 is 1.76 bits per heavy atom. The Labute approximate surface area is 157 Å². The van der Waals surface area contributed by atoms with Crippen LogP contribution in [0, 0.1) is 5.92 Å². The zero-order valence-electron chi connectivity index (χ0n) is 15.3. The van der Waals surface area contributed by atoms with Gasteiger partial charge in [-0.2, -0.15) is 0 Å². The molecule has 1 aliphatic carbocycles. The van der Waals surface area contributed by atoms with Crippen LogP contribution in [0.5, 0.6) is 5.75 Å². The second-order valence-corrected chi connectivity index (χ2v) is 7.26. The van der Waals surface area contributed by atoms with Crippen LogP contribution >= 0.6 is 0 Å². The van der Waals surface area contributed by atoms with Gasteiger partial charge in [0.15, 0.2) is 0 Å². The van der Waals surface area contributed by atoms with E-state index in [1.54, 1.807) is 7.11 Å².